The SMILES string of the molecule is O=S(=O)(CCCC(F)(F)F)Nc1cccc2c1NCCC2. The summed E-state index contributed by atoms with van der Waals surface area (Å²) < 4.78 is 62.3. The summed E-state index contributed by atoms with van der Waals surface area (Å²) in [5, 5.41) is 3.13. The van der Waals surface area contributed by atoms with Gasteiger partial charge in [-0.1, -0.05) is 12.1 Å². The van der Waals surface area contributed by atoms with Crippen LogP contribution in [-0.2, 0) is 16.4 Å². The van der Waals surface area contributed by atoms with E-state index in [1.807, 2.05) is 6.07 Å². The van der Waals surface area contributed by atoms with Crippen molar-refractivity contribution in [3.05, 3.63) is 23.8 Å². The van der Waals surface area contributed by atoms with Crippen molar-refractivity contribution in [3.63, 3.8) is 0 Å². The molecule has 0 saturated carbocycles. The Hall–Kier alpha value is -1.44. The van der Waals surface area contributed by atoms with E-state index in [1.165, 1.54) is 0 Å². The van der Waals surface area contributed by atoms with Crippen LogP contribution >= 0.6 is 0 Å². The molecule has 0 atom stereocenters. The lowest BCUT2D eigenvalue weighted by molar-refractivity contribution is -0.134. The molecule has 21 heavy (non-hydrogen) atoms. The molecule has 0 bridgehead atoms. The first-order valence-electron chi connectivity index (χ1n) is 6.70. The Kier molecular flexibility index (Phi) is 4.65. The summed E-state index contributed by atoms with van der Waals surface area (Å²) in [4.78, 5) is 0. The zero-order chi connectivity index (χ0) is 15.5. The molecule has 0 unspecified atom stereocenters. The van der Waals surface area contributed by atoms with Crippen molar-refractivity contribution in [2.24, 2.45) is 0 Å². The topological polar surface area (TPSA) is 58.2 Å². The lowest BCUT2D eigenvalue weighted by atomic mass is 10.0. The van der Waals surface area contributed by atoms with Gasteiger partial charge in [0, 0.05) is 13.0 Å². The van der Waals surface area contributed by atoms with Gasteiger partial charge < -0.3 is 5.32 Å². The highest BCUT2D eigenvalue weighted by atomic mass is 32.2. The van der Waals surface area contributed by atoms with Crippen LogP contribution in [0.1, 0.15) is 24.8 Å². The predicted octanol–water partition coefficient (Wildman–Crippen LogP) is 3.13. The monoisotopic (exact) mass is 322 g/mol. The molecule has 1 aromatic rings. The Morgan fingerprint density at radius 2 is 2.05 bits per heavy atom. The van der Waals surface area contributed by atoms with Crippen LogP contribution in [0.25, 0.3) is 0 Å². The number of alkyl halides is 3. The Morgan fingerprint density at radius 1 is 1.29 bits per heavy atom. The van der Waals surface area contributed by atoms with Gasteiger partial charge in [-0.05, 0) is 30.9 Å². The number of hydrogen-bond donors (Lipinski definition) is 2. The van der Waals surface area contributed by atoms with E-state index >= 15 is 0 Å². The molecule has 0 aliphatic carbocycles. The molecule has 1 aromatic carbocycles. The minimum atomic E-state index is -4.33. The van der Waals surface area contributed by atoms with E-state index in [2.05, 4.69) is 10.0 Å². The second kappa shape index (κ2) is 6.13. The number of rotatable bonds is 5. The fraction of sp³-hybridized carbons (Fsp3) is 0.538. The van der Waals surface area contributed by atoms with E-state index in [0.29, 0.717) is 5.69 Å². The number of nitrogens with one attached hydrogen (secondary N) is 2. The molecule has 4 nitrogen and oxygen atoms in total. The van der Waals surface area contributed by atoms with E-state index in [1.54, 1.807) is 12.1 Å². The Bertz CT molecular complexity index is 600. The fourth-order valence-corrected chi connectivity index (χ4v) is 3.41. The smallest absolute Gasteiger partial charge is 0.383 e. The molecule has 0 spiro atoms. The van der Waals surface area contributed by atoms with Gasteiger partial charge in [0.25, 0.3) is 0 Å². The van der Waals surface area contributed by atoms with Crippen molar-refractivity contribution in [3.8, 4) is 0 Å². The van der Waals surface area contributed by atoms with Gasteiger partial charge in [0.1, 0.15) is 0 Å². The van der Waals surface area contributed by atoms with Crippen LogP contribution in [0.4, 0.5) is 24.5 Å². The van der Waals surface area contributed by atoms with E-state index in [4.69, 9.17) is 0 Å². The molecular formula is C13H17F3N2O2S. The van der Waals surface area contributed by atoms with Crippen molar-refractivity contribution < 1.29 is 21.6 Å². The molecule has 8 heteroatoms. The van der Waals surface area contributed by atoms with Gasteiger partial charge in [-0.3, -0.25) is 4.72 Å². The highest BCUT2D eigenvalue weighted by Gasteiger charge is 2.27. The zero-order valence-corrected chi connectivity index (χ0v) is 12.1. The summed E-state index contributed by atoms with van der Waals surface area (Å²) in [6.07, 6.45) is -4.05. The maximum Gasteiger partial charge on any atom is 0.389 e. The third kappa shape index (κ3) is 4.80. The quantitative estimate of drug-likeness (QED) is 0.875. The van der Waals surface area contributed by atoms with E-state index in [9.17, 15) is 21.6 Å². The second-order valence-electron chi connectivity index (χ2n) is 5.01. The van der Waals surface area contributed by atoms with Crippen LogP contribution in [0.5, 0.6) is 0 Å². The first-order valence-corrected chi connectivity index (χ1v) is 8.35. The molecule has 0 fully saturated rings. The number of halogens is 3. The largest absolute Gasteiger partial charge is 0.389 e. The van der Waals surface area contributed by atoms with Gasteiger partial charge in [-0.25, -0.2) is 8.42 Å². The Morgan fingerprint density at radius 3 is 2.76 bits per heavy atom. The van der Waals surface area contributed by atoms with Gasteiger partial charge in [0.05, 0.1) is 17.1 Å². The van der Waals surface area contributed by atoms with Crippen molar-refractivity contribution in [2.75, 3.05) is 22.3 Å². The van der Waals surface area contributed by atoms with E-state index < -0.39 is 34.8 Å². The zero-order valence-electron chi connectivity index (χ0n) is 11.3. The van der Waals surface area contributed by atoms with E-state index in [-0.39, 0.29) is 0 Å². The maximum absolute atomic E-state index is 12.1. The van der Waals surface area contributed by atoms with Crippen LogP contribution in [-0.4, -0.2) is 26.9 Å². The molecule has 0 aromatic heterocycles. The molecule has 2 rings (SSSR count). The minimum absolute atomic E-state index is 0.402. The minimum Gasteiger partial charge on any atom is -0.383 e. The highest BCUT2D eigenvalue weighted by molar-refractivity contribution is 7.92. The maximum atomic E-state index is 12.1. The molecular weight excluding hydrogens is 305 g/mol. The first kappa shape index (κ1) is 15.9. The second-order valence-corrected chi connectivity index (χ2v) is 6.85. The lowest BCUT2D eigenvalue weighted by Crippen LogP contribution is -2.21. The van der Waals surface area contributed by atoms with Crippen LogP contribution in [0.3, 0.4) is 0 Å². The van der Waals surface area contributed by atoms with E-state index in [0.717, 1.165) is 30.6 Å². The van der Waals surface area contributed by atoms with Crippen LogP contribution in [0.15, 0.2) is 18.2 Å². The number of sulfonamides is 1. The van der Waals surface area contributed by atoms with Crippen molar-refractivity contribution in [1.29, 1.82) is 0 Å². The van der Waals surface area contributed by atoms with Crippen LogP contribution in [0.2, 0.25) is 0 Å². The molecule has 2 N–H and O–H groups in total. The molecule has 118 valence electrons. The highest BCUT2D eigenvalue weighted by Crippen LogP contribution is 2.31. The molecule has 0 amide bonds. The Labute approximate surface area is 121 Å². The summed E-state index contributed by atoms with van der Waals surface area (Å²) in [7, 11) is -3.78. The fourth-order valence-electron chi connectivity index (χ4n) is 2.28. The molecule has 1 aliphatic rings. The summed E-state index contributed by atoms with van der Waals surface area (Å²) in [5.41, 5.74) is 2.14. The van der Waals surface area contributed by atoms with Crippen LogP contribution < -0.4 is 10.0 Å². The summed E-state index contributed by atoms with van der Waals surface area (Å²) >= 11 is 0. The lowest BCUT2D eigenvalue weighted by Gasteiger charge is -2.21. The summed E-state index contributed by atoms with van der Waals surface area (Å²) in [6, 6.07) is 5.25. The predicted molar refractivity (Wildman–Crippen MR) is 76.0 cm³/mol. The van der Waals surface area contributed by atoms with Gasteiger partial charge in [0.2, 0.25) is 10.0 Å². The Balaban J connectivity index is 2.03. The number of benzene rings is 1. The number of anilines is 2. The number of hydrogen-bond acceptors (Lipinski definition) is 3. The molecule has 0 radical (unpaired) electrons. The summed E-state index contributed by atoms with van der Waals surface area (Å²) in [5.74, 6) is -0.545. The normalized spacial score (nSPS) is 15.2. The van der Waals surface area contributed by atoms with Gasteiger partial charge in [-0.15, -0.1) is 0 Å². The molecule has 1 heterocycles. The van der Waals surface area contributed by atoms with Gasteiger partial charge in [-0.2, -0.15) is 13.2 Å². The van der Waals surface area contributed by atoms with Crippen molar-refractivity contribution >= 4 is 21.4 Å². The van der Waals surface area contributed by atoms with Gasteiger partial charge in [0.15, 0.2) is 0 Å². The van der Waals surface area contributed by atoms with Crippen molar-refractivity contribution in [1.82, 2.24) is 0 Å². The average Bonchev–Trinajstić information content (AvgIpc) is 2.37. The average molecular weight is 322 g/mol. The first-order chi connectivity index (χ1) is 9.77. The standard InChI is InChI=1S/C13H17F3N2O2S/c14-13(15,16)7-3-9-21(19,20)18-11-6-1-4-10-5-2-8-17-12(10)11/h1,4,6,17-18H,2-3,5,7-9H2. The van der Waals surface area contributed by atoms with Crippen molar-refractivity contribution in [2.45, 2.75) is 31.9 Å². The van der Waals surface area contributed by atoms with Crippen LogP contribution in [0, 0.1) is 0 Å². The number of aryl methyl sites for hydroxylation is 1. The third-order valence-electron chi connectivity index (χ3n) is 3.21. The number of para-hydroxylation sites is 1. The molecule has 1 aliphatic heterocycles. The van der Waals surface area contributed by atoms with Gasteiger partial charge >= 0.3 is 6.18 Å². The third-order valence-corrected chi connectivity index (χ3v) is 4.57. The molecule has 0 saturated heterocycles. The number of fused-ring (bicyclic) bond motifs is 1. The summed E-state index contributed by atoms with van der Waals surface area (Å²) in [6.45, 7) is 0.750.